The number of para-hydroxylation sites is 2. The van der Waals surface area contributed by atoms with Crippen molar-refractivity contribution in [2.75, 3.05) is 26.7 Å². The number of carbonyl (C=O) groups excluding carboxylic acids is 1. The van der Waals surface area contributed by atoms with E-state index in [9.17, 15) is 9.90 Å². The molecule has 3 atom stereocenters. The van der Waals surface area contributed by atoms with Gasteiger partial charge in [-0.25, -0.2) is 0 Å². The number of nitrogens with zero attached hydrogens (tertiary/aromatic N) is 3. The molecule has 6 rings (SSSR count). The first kappa shape index (κ1) is 31.5. The third-order valence-corrected chi connectivity index (χ3v) is 9.07. The van der Waals surface area contributed by atoms with Gasteiger partial charge in [-0.2, -0.15) is 0 Å². The maximum atomic E-state index is 14.6. The van der Waals surface area contributed by atoms with Crippen LogP contribution in [0.1, 0.15) is 35.5 Å². The van der Waals surface area contributed by atoms with Crippen LogP contribution in [0.25, 0.3) is 22.0 Å². The first-order chi connectivity index (χ1) is 22.3. The maximum absolute atomic E-state index is 14.6. The zero-order valence-corrected chi connectivity index (χ0v) is 27.1. The third kappa shape index (κ3) is 6.58. The number of aliphatic hydroxyl groups is 1. The van der Waals surface area contributed by atoms with Crippen molar-refractivity contribution in [3.8, 4) is 22.6 Å². The van der Waals surface area contributed by atoms with Gasteiger partial charge in [0, 0.05) is 49.1 Å². The first-order valence-corrected chi connectivity index (χ1v) is 16.0. The normalized spacial score (nSPS) is 17.8. The Bertz CT molecular complexity index is 1780. The molecule has 0 radical (unpaired) electrons. The van der Waals surface area contributed by atoms with E-state index < -0.39 is 0 Å². The van der Waals surface area contributed by atoms with E-state index in [0.29, 0.717) is 25.4 Å². The Labute approximate surface area is 271 Å². The molecule has 7 nitrogen and oxygen atoms in total. The number of aromatic nitrogens is 1. The molecule has 238 valence electrons. The Morgan fingerprint density at radius 1 is 0.935 bits per heavy atom. The molecule has 0 bridgehead atoms. The van der Waals surface area contributed by atoms with Gasteiger partial charge in [-0.3, -0.25) is 9.69 Å². The number of aliphatic hydroxyl groups excluding tert-OH is 1. The van der Waals surface area contributed by atoms with Crippen molar-refractivity contribution in [1.82, 2.24) is 14.4 Å². The van der Waals surface area contributed by atoms with E-state index >= 15 is 0 Å². The highest BCUT2D eigenvalue weighted by molar-refractivity contribution is 6.10. The predicted octanol–water partition coefficient (Wildman–Crippen LogP) is 7.13. The lowest BCUT2D eigenvalue weighted by atomic mass is 9.96. The lowest BCUT2D eigenvalue weighted by Crippen LogP contribution is -2.47. The molecule has 7 heteroatoms. The van der Waals surface area contributed by atoms with Gasteiger partial charge in [0.1, 0.15) is 17.2 Å². The number of rotatable bonds is 8. The smallest absolute Gasteiger partial charge is 0.271 e. The zero-order valence-electron chi connectivity index (χ0n) is 27.1. The highest BCUT2D eigenvalue weighted by Gasteiger charge is 2.33. The predicted molar refractivity (Wildman–Crippen MR) is 183 cm³/mol. The molecule has 1 aliphatic rings. The summed E-state index contributed by atoms with van der Waals surface area (Å²) in [7, 11) is 4.06. The van der Waals surface area contributed by atoms with Gasteiger partial charge in [-0.05, 0) is 61.0 Å². The molecular weight excluding hydrogens is 574 g/mol. The van der Waals surface area contributed by atoms with Crippen LogP contribution in [0.2, 0.25) is 0 Å². The van der Waals surface area contributed by atoms with E-state index in [1.807, 2.05) is 90.2 Å². The van der Waals surface area contributed by atoms with Gasteiger partial charge in [0.25, 0.3) is 5.91 Å². The van der Waals surface area contributed by atoms with E-state index in [2.05, 4.69) is 55.3 Å². The number of amides is 1. The summed E-state index contributed by atoms with van der Waals surface area (Å²) in [6.07, 6.45) is -0.155. The Hall–Kier alpha value is -4.43. The highest BCUT2D eigenvalue weighted by Crippen LogP contribution is 2.38. The summed E-state index contributed by atoms with van der Waals surface area (Å²) in [5.41, 5.74) is 5.77. The summed E-state index contributed by atoms with van der Waals surface area (Å²) in [5.74, 6) is 1.54. The SMILES string of the molecule is C[C@H]1CN([C@@H](C)CO)C(=O)c2c(c3ccccc3n2C)-c2ccccc2CO[C@@H]1CN(C)Cc1ccc(Oc2ccccc2)cc1. The fraction of sp³-hybridized carbons (Fsp3) is 0.308. The van der Waals surface area contributed by atoms with Crippen molar-refractivity contribution in [1.29, 1.82) is 0 Å². The number of aryl methyl sites for hydroxylation is 1. The molecule has 0 aliphatic carbocycles. The number of likely N-dealkylation sites (N-methyl/N-ethyl adjacent to an activating group) is 1. The number of fused-ring (bicyclic) bond motifs is 5. The van der Waals surface area contributed by atoms with Crippen molar-refractivity contribution in [2.45, 2.75) is 39.1 Å². The minimum atomic E-state index is -0.355. The molecule has 0 saturated carbocycles. The molecule has 0 spiro atoms. The molecule has 1 N–H and O–H groups in total. The molecular formula is C39H43N3O4. The van der Waals surface area contributed by atoms with E-state index in [1.54, 1.807) is 0 Å². The van der Waals surface area contributed by atoms with Crippen molar-refractivity contribution >= 4 is 16.8 Å². The van der Waals surface area contributed by atoms with Crippen LogP contribution in [0.15, 0.2) is 103 Å². The first-order valence-electron chi connectivity index (χ1n) is 16.0. The standard InChI is InChI=1S/C39H43N3O4/c1-27-22-42(28(2)25-43)39(44)38-37(34-16-10-11-17-35(34)41(38)4)33-15-9-8-12-30(33)26-45-36(27)24-40(3)23-29-18-20-32(21-19-29)46-31-13-6-5-7-14-31/h5-21,27-28,36,43H,22-26H2,1-4H3/t27-,28-,36+/m0/s1. The molecule has 1 aromatic heterocycles. The van der Waals surface area contributed by atoms with Gasteiger partial charge in [-0.15, -0.1) is 0 Å². The van der Waals surface area contributed by atoms with Crippen molar-refractivity contribution < 1.29 is 19.4 Å². The van der Waals surface area contributed by atoms with Gasteiger partial charge >= 0.3 is 0 Å². The number of hydrogen-bond donors (Lipinski definition) is 1. The fourth-order valence-electron chi connectivity index (χ4n) is 6.50. The molecule has 1 amide bonds. The molecule has 5 aromatic rings. The van der Waals surface area contributed by atoms with Crippen LogP contribution in [-0.4, -0.2) is 64.3 Å². The van der Waals surface area contributed by atoms with E-state index in [1.165, 1.54) is 5.56 Å². The van der Waals surface area contributed by atoms with Crippen molar-refractivity contribution in [3.05, 3.63) is 120 Å². The van der Waals surface area contributed by atoms with E-state index in [0.717, 1.165) is 45.6 Å². The molecule has 46 heavy (non-hydrogen) atoms. The number of hydrogen-bond acceptors (Lipinski definition) is 5. The summed E-state index contributed by atoms with van der Waals surface area (Å²) in [5, 5.41) is 11.3. The van der Waals surface area contributed by atoms with Crippen LogP contribution in [0.5, 0.6) is 11.5 Å². The lowest BCUT2D eigenvalue weighted by molar-refractivity contribution is -0.0242. The lowest BCUT2D eigenvalue weighted by Gasteiger charge is -2.35. The Kier molecular flexibility index (Phi) is 9.54. The van der Waals surface area contributed by atoms with Crippen LogP contribution < -0.4 is 4.74 Å². The monoisotopic (exact) mass is 617 g/mol. The molecule has 0 unspecified atom stereocenters. The average Bonchev–Trinajstić information content (AvgIpc) is 3.37. The number of carbonyl (C=O) groups is 1. The topological polar surface area (TPSA) is 67.2 Å². The zero-order chi connectivity index (χ0) is 32.2. The molecule has 4 aromatic carbocycles. The number of benzene rings is 4. The molecule has 0 saturated heterocycles. The summed E-state index contributed by atoms with van der Waals surface area (Å²) in [6.45, 7) is 6.24. The minimum Gasteiger partial charge on any atom is -0.457 e. The van der Waals surface area contributed by atoms with Gasteiger partial charge in [-0.1, -0.05) is 79.7 Å². The van der Waals surface area contributed by atoms with Gasteiger partial charge in [0.15, 0.2) is 0 Å². The second-order valence-corrected chi connectivity index (χ2v) is 12.5. The van der Waals surface area contributed by atoms with Crippen molar-refractivity contribution in [2.24, 2.45) is 13.0 Å². The molecule has 0 fully saturated rings. The van der Waals surface area contributed by atoms with Gasteiger partial charge < -0.3 is 24.0 Å². The third-order valence-electron chi connectivity index (χ3n) is 9.07. The van der Waals surface area contributed by atoms with Crippen LogP contribution >= 0.6 is 0 Å². The highest BCUT2D eigenvalue weighted by atomic mass is 16.5. The van der Waals surface area contributed by atoms with E-state index in [4.69, 9.17) is 9.47 Å². The minimum absolute atomic E-state index is 0.00504. The second kappa shape index (κ2) is 13.9. The Morgan fingerprint density at radius 2 is 1.61 bits per heavy atom. The molecule has 2 heterocycles. The van der Waals surface area contributed by atoms with Crippen LogP contribution in [0.4, 0.5) is 0 Å². The van der Waals surface area contributed by atoms with E-state index in [-0.39, 0.29) is 30.6 Å². The summed E-state index contributed by atoms with van der Waals surface area (Å²) >= 11 is 0. The quantitative estimate of drug-likeness (QED) is 0.201. The average molecular weight is 618 g/mol. The second-order valence-electron chi connectivity index (χ2n) is 12.5. The largest absolute Gasteiger partial charge is 0.457 e. The molecule has 1 aliphatic heterocycles. The van der Waals surface area contributed by atoms with Crippen LogP contribution in [0.3, 0.4) is 0 Å². The van der Waals surface area contributed by atoms with Gasteiger partial charge in [0.2, 0.25) is 0 Å². The summed E-state index contributed by atoms with van der Waals surface area (Å²) in [4.78, 5) is 18.7. The maximum Gasteiger partial charge on any atom is 0.271 e. The van der Waals surface area contributed by atoms with Crippen LogP contribution in [-0.2, 0) is 24.9 Å². The summed E-state index contributed by atoms with van der Waals surface area (Å²) in [6, 6.07) is 34.0. The van der Waals surface area contributed by atoms with Crippen molar-refractivity contribution in [3.63, 3.8) is 0 Å². The van der Waals surface area contributed by atoms with Gasteiger partial charge in [0.05, 0.1) is 25.4 Å². The Balaban J connectivity index is 1.28. The van der Waals surface area contributed by atoms with Crippen LogP contribution in [0, 0.1) is 5.92 Å². The fourth-order valence-corrected chi connectivity index (χ4v) is 6.50. The summed E-state index contributed by atoms with van der Waals surface area (Å²) < 4.78 is 14.7. The Morgan fingerprint density at radius 3 is 2.37 bits per heavy atom. The number of ether oxygens (including phenoxy) is 2.